The number of halogens is 2. The van der Waals surface area contributed by atoms with Crippen molar-refractivity contribution in [1.29, 1.82) is 0 Å². The van der Waals surface area contributed by atoms with Crippen molar-refractivity contribution in [2.75, 3.05) is 0 Å². The van der Waals surface area contributed by atoms with E-state index in [2.05, 4.69) is 12.1 Å². The van der Waals surface area contributed by atoms with Crippen molar-refractivity contribution >= 4 is 29.0 Å². The van der Waals surface area contributed by atoms with Crippen LogP contribution < -0.4 is 0 Å². The number of benzene rings is 2. The zero-order valence-corrected chi connectivity index (χ0v) is 11.7. The van der Waals surface area contributed by atoms with Gasteiger partial charge in [-0.3, -0.25) is 4.79 Å². The zero-order valence-electron chi connectivity index (χ0n) is 10.2. The minimum Gasteiger partial charge on any atom is -0.294 e. The molecule has 0 heterocycles. The van der Waals surface area contributed by atoms with Crippen molar-refractivity contribution in [3.63, 3.8) is 0 Å². The smallest absolute Gasteiger partial charge is 0.164 e. The van der Waals surface area contributed by atoms with Gasteiger partial charge >= 0.3 is 0 Å². The Morgan fingerprint density at radius 2 is 1.95 bits per heavy atom. The van der Waals surface area contributed by atoms with Crippen LogP contribution in [0.4, 0.5) is 0 Å². The number of carbonyl (C=O) groups excluding carboxylic acids is 1. The van der Waals surface area contributed by atoms with E-state index in [1.54, 1.807) is 18.2 Å². The summed E-state index contributed by atoms with van der Waals surface area (Å²) in [4.78, 5) is 12.3. The first-order valence-electron chi connectivity index (χ1n) is 6.21. The van der Waals surface area contributed by atoms with Crippen molar-refractivity contribution in [2.24, 2.45) is 0 Å². The van der Waals surface area contributed by atoms with Crippen LogP contribution in [0.15, 0.2) is 42.5 Å². The molecule has 0 aliphatic heterocycles. The lowest BCUT2D eigenvalue weighted by molar-refractivity contribution is 0.0970. The molecule has 1 nitrogen and oxygen atoms in total. The van der Waals surface area contributed by atoms with Crippen LogP contribution in [0, 0.1) is 0 Å². The Balaban J connectivity index is 1.77. The minimum atomic E-state index is 0.0844. The van der Waals surface area contributed by atoms with E-state index in [1.807, 2.05) is 12.1 Å². The highest BCUT2D eigenvalue weighted by Crippen LogP contribution is 2.38. The van der Waals surface area contributed by atoms with Gasteiger partial charge in [0.05, 0.1) is 5.02 Å². The summed E-state index contributed by atoms with van der Waals surface area (Å²) in [6.07, 6.45) is 1.49. The third-order valence-electron chi connectivity index (χ3n) is 3.62. The van der Waals surface area contributed by atoms with E-state index >= 15 is 0 Å². The Bertz CT molecular complexity index is 649. The summed E-state index contributed by atoms with van der Waals surface area (Å²) in [5, 5.41) is 0.987. The van der Waals surface area contributed by atoms with Gasteiger partial charge in [0.25, 0.3) is 0 Å². The first kappa shape index (κ1) is 12.7. The van der Waals surface area contributed by atoms with E-state index in [9.17, 15) is 4.79 Å². The molecule has 0 saturated heterocycles. The second-order valence-electron chi connectivity index (χ2n) is 4.85. The molecule has 1 unspecified atom stereocenters. The molecule has 0 N–H and O–H groups in total. The summed E-state index contributed by atoms with van der Waals surface area (Å²) >= 11 is 11.9. The fourth-order valence-corrected chi connectivity index (χ4v) is 3.11. The van der Waals surface area contributed by atoms with Crippen LogP contribution in [0.25, 0.3) is 0 Å². The van der Waals surface area contributed by atoms with Gasteiger partial charge in [-0.25, -0.2) is 0 Å². The summed E-state index contributed by atoms with van der Waals surface area (Å²) in [6, 6.07) is 13.3. The predicted molar refractivity (Wildman–Crippen MR) is 78.3 cm³/mol. The Morgan fingerprint density at radius 1 is 1.16 bits per heavy atom. The third kappa shape index (κ3) is 2.41. The van der Waals surface area contributed by atoms with Crippen molar-refractivity contribution in [1.82, 2.24) is 0 Å². The first-order chi connectivity index (χ1) is 9.15. The molecular weight excluding hydrogens is 279 g/mol. The molecule has 0 radical (unpaired) electrons. The van der Waals surface area contributed by atoms with E-state index in [1.165, 1.54) is 11.1 Å². The summed E-state index contributed by atoms with van der Waals surface area (Å²) in [6.45, 7) is 0. The lowest BCUT2D eigenvalue weighted by atomic mass is 9.74. The van der Waals surface area contributed by atoms with Crippen LogP contribution in [-0.2, 0) is 6.42 Å². The van der Waals surface area contributed by atoms with Gasteiger partial charge in [-0.15, -0.1) is 0 Å². The van der Waals surface area contributed by atoms with Gasteiger partial charge in [-0.1, -0.05) is 47.5 Å². The second kappa shape index (κ2) is 4.99. The molecule has 19 heavy (non-hydrogen) atoms. The average molecular weight is 291 g/mol. The molecule has 3 heteroatoms. The van der Waals surface area contributed by atoms with Gasteiger partial charge in [0, 0.05) is 17.0 Å². The van der Waals surface area contributed by atoms with E-state index in [4.69, 9.17) is 23.2 Å². The van der Waals surface area contributed by atoms with Crippen molar-refractivity contribution in [3.05, 3.63) is 69.2 Å². The molecule has 2 aromatic carbocycles. The maximum atomic E-state index is 12.3. The third-order valence-corrected chi connectivity index (χ3v) is 4.17. The van der Waals surface area contributed by atoms with Crippen LogP contribution in [0.3, 0.4) is 0 Å². The van der Waals surface area contributed by atoms with Crippen LogP contribution in [0.1, 0.15) is 33.8 Å². The molecule has 1 aliphatic rings. The van der Waals surface area contributed by atoms with E-state index in [0.717, 1.165) is 6.42 Å². The maximum Gasteiger partial charge on any atom is 0.164 e. The number of rotatable bonds is 3. The van der Waals surface area contributed by atoms with Gasteiger partial charge in [0.15, 0.2) is 5.78 Å². The highest BCUT2D eigenvalue weighted by atomic mass is 35.5. The largest absolute Gasteiger partial charge is 0.294 e. The lowest BCUT2D eigenvalue weighted by Crippen LogP contribution is -2.20. The number of hydrogen-bond donors (Lipinski definition) is 0. The maximum absolute atomic E-state index is 12.3. The van der Waals surface area contributed by atoms with Crippen molar-refractivity contribution in [3.8, 4) is 0 Å². The standard InChI is InChI=1S/C16H12Cl2O/c17-12-5-6-14(15(18)9-12)16(19)8-11-7-10-3-1-2-4-13(10)11/h1-6,9,11H,7-8H2. The molecule has 0 fully saturated rings. The van der Waals surface area contributed by atoms with Gasteiger partial charge < -0.3 is 0 Å². The van der Waals surface area contributed by atoms with Gasteiger partial charge in [0.1, 0.15) is 0 Å². The SMILES string of the molecule is O=C(CC1Cc2ccccc21)c1ccc(Cl)cc1Cl. The van der Waals surface area contributed by atoms with Crippen molar-refractivity contribution < 1.29 is 4.79 Å². The minimum absolute atomic E-state index is 0.0844. The van der Waals surface area contributed by atoms with E-state index < -0.39 is 0 Å². The summed E-state index contributed by atoms with van der Waals surface area (Å²) in [5.41, 5.74) is 3.21. The average Bonchev–Trinajstić information content (AvgIpc) is 2.35. The molecule has 0 aromatic heterocycles. The Kier molecular flexibility index (Phi) is 3.34. The summed E-state index contributed by atoms with van der Waals surface area (Å²) < 4.78 is 0. The summed E-state index contributed by atoms with van der Waals surface area (Å²) in [7, 11) is 0. The first-order valence-corrected chi connectivity index (χ1v) is 6.97. The Labute approximate surface area is 122 Å². The fourth-order valence-electron chi connectivity index (χ4n) is 2.59. The molecule has 0 saturated carbocycles. The number of fused-ring (bicyclic) bond motifs is 1. The van der Waals surface area contributed by atoms with Crippen LogP contribution in [0.5, 0.6) is 0 Å². The number of Topliss-reactive ketones (excluding diaryl/α,β-unsaturated/α-hetero) is 1. The molecule has 0 amide bonds. The number of ketones is 1. The van der Waals surface area contributed by atoms with Crippen LogP contribution in [0.2, 0.25) is 10.0 Å². The molecule has 96 valence electrons. The van der Waals surface area contributed by atoms with Crippen LogP contribution >= 0.6 is 23.2 Å². The quantitative estimate of drug-likeness (QED) is 0.735. The van der Waals surface area contributed by atoms with E-state index in [-0.39, 0.29) is 5.78 Å². The monoisotopic (exact) mass is 290 g/mol. The molecule has 1 atom stereocenters. The normalized spacial score (nSPS) is 16.6. The molecule has 1 aliphatic carbocycles. The second-order valence-corrected chi connectivity index (χ2v) is 5.69. The van der Waals surface area contributed by atoms with Crippen LogP contribution in [-0.4, -0.2) is 5.78 Å². The van der Waals surface area contributed by atoms with Crippen molar-refractivity contribution in [2.45, 2.75) is 18.8 Å². The molecule has 0 bridgehead atoms. The topological polar surface area (TPSA) is 17.1 Å². The number of carbonyl (C=O) groups is 1. The highest BCUT2D eigenvalue weighted by molar-refractivity contribution is 6.36. The van der Waals surface area contributed by atoms with Gasteiger partial charge in [0.2, 0.25) is 0 Å². The summed E-state index contributed by atoms with van der Waals surface area (Å²) in [5.74, 6) is 0.414. The predicted octanol–water partition coefficient (Wildman–Crippen LogP) is 4.91. The molecular formula is C16H12Cl2O. The molecule has 3 rings (SSSR count). The van der Waals surface area contributed by atoms with Gasteiger partial charge in [-0.2, -0.15) is 0 Å². The Morgan fingerprint density at radius 3 is 2.68 bits per heavy atom. The molecule has 2 aromatic rings. The lowest BCUT2D eigenvalue weighted by Gasteiger charge is -2.29. The zero-order chi connectivity index (χ0) is 13.4. The Hall–Kier alpha value is -1.31. The number of hydrogen-bond acceptors (Lipinski definition) is 1. The highest BCUT2D eigenvalue weighted by Gasteiger charge is 2.28. The van der Waals surface area contributed by atoms with E-state index in [0.29, 0.717) is 27.9 Å². The van der Waals surface area contributed by atoms with Gasteiger partial charge in [-0.05, 0) is 41.7 Å². The fraction of sp³-hybridized carbons (Fsp3) is 0.188. The molecule has 0 spiro atoms.